The molecule has 1 aliphatic rings. The highest BCUT2D eigenvalue weighted by molar-refractivity contribution is 6.30. The van der Waals surface area contributed by atoms with Crippen LogP contribution in [0.15, 0.2) is 42.5 Å². The summed E-state index contributed by atoms with van der Waals surface area (Å²) < 4.78 is 10.8. The second-order valence-corrected chi connectivity index (χ2v) is 6.79. The molecule has 0 unspecified atom stereocenters. The van der Waals surface area contributed by atoms with Crippen molar-refractivity contribution in [2.75, 3.05) is 40.4 Å². The molecular weight excluding hydrogens is 336 g/mol. The topological polar surface area (TPSA) is 24.9 Å². The van der Waals surface area contributed by atoms with Crippen LogP contribution in [-0.2, 0) is 13.1 Å². The quantitative estimate of drug-likeness (QED) is 0.784. The Hall–Kier alpha value is -1.75. The summed E-state index contributed by atoms with van der Waals surface area (Å²) >= 11 is 5.96. The van der Waals surface area contributed by atoms with E-state index in [2.05, 4.69) is 28.0 Å². The average molecular weight is 361 g/mol. The zero-order valence-corrected chi connectivity index (χ0v) is 15.6. The molecule has 3 rings (SSSR count). The van der Waals surface area contributed by atoms with Crippen LogP contribution in [0.3, 0.4) is 0 Å². The van der Waals surface area contributed by atoms with Gasteiger partial charge in [-0.25, -0.2) is 0 Å². The van der Waals surface area contributed by atoms with E-state index in [0.717, 1.165) is 55.8 Å². The van der Waals surface area contributed by atoms with Crippen LogP contribution in [0.2, 0.25) is 5.02 Å². The summed E-state index contributed by atoms with van der Waals surface area (Å²) in [5.74, 6) is 1.79. The molecule has 0 aromatic heterocycles. The fourth-order valence-electron chi connectivity index (χ4n) is 3.20. The van der Waals surface area contributed by atoms with Gasteiger partial charge < -0.3 is 9.47 Å². The van der Waals surface area contributed by atoms with Gasteiger partial charge in [-0.15, -0.1) is 0 Å². The summed E-state index contributed by atoms with van der Waals surface area (Å²) in [7, 11) is 3.41. The molecule has 2 aromatic carbocycles. The number of rotatable bonds is 6. The highest BCUT2D eigenvalue weighted by Crippen LogP contribution is 2.25. The van der Waals surface area contributed by atoms with Crippen molar-refractivity contribution in [3.8, 4) is 11.5 Å². The third-order valence-electron chi connectivity index (χ3n) is 4.67. The van der Waals surface area contributed by atoms with E-state index < -0.39 is 0 Å². The molecule has 0 atom stereocenters. The molecular formula is C20H25ClN2O2. The number of nitrogens with zero attached hydrogens (tertiary/aromatic N) is 2. The number of hydrogen-bond donors (Lipinski definition) is 0. The summed E-state index contributed by atoms with van der Waals surface area (Å²) in [5, 5.41) is 0.792. The van der Waals surface area contributed by atoms with E-state index in [1.54, 1.807) is 14.2 Å². The maximum atomic E-state index is 5.96. The van der Waals surface area contributed by atoms with Crippen molar-refractivity contribution in [1.82, 2.24) is 9.80 Å². The van der Waals surface area contributed by atoms with Crippen molar-refractivity contribution >= 4 is 11.6 Å². The van der Waals surface area contributed by atoms with Crippen LogP contribution in [-0.4, -0.2) is 50.2 Å². The molecule has 0 bridgehead atoms. The Balaban J connectivity index is 1.55. The fourth-order valence-corrected chi connectivity index (χ4v) is 3.33. The lowest BCUT2D eigenvalue weighted by atomic mass is 10.1. The summed E-state index contributed by atoms with van der Waals surface area (Å²) in [6.07, 6.45) is 0. The number of piperazine rings is 1. The number of hydrogen-bond acceptors (Lipinski definition) is 4. The minimum absolute atomic E-state index is 0.792. The Kier molecular flexibility index (Phi) is 6.19. The highest BCUT2D eigenvalue weighted by Gasteiger charge is 2.18. The molecule has 1 saturated heterocycles. The SMILES string of the molecule is COc1ccc(OC)c(CN2CCN(Cc3ccc(Cl)cc3)CC2)c1. The lowest BCUT2D eigenvalue weighted by molar-refractivity contribution is 0.121. The normalized spacial score (nSPS) is 16.0. The van der Waals surface area contributed by atoms with Crippen LogP contribution in [0.1, 0.15) is 11.1 Å². The number of ether oxygens (including phenoxy) is 2. The molecule has 25 heavy (non-hydrogen) atoms. The van der Waals surface area contributed by atoms with E-state index in [-0.39, 0.29) is 0 Å². The molecule has 1 heterocycles. The molecule has 4 nitrogen and oxygen atoms in total. The third kappa shape index (κ3) is 4.88. The van der Waals surface area contributed by atoms with Gasteiger partial charge in [0.05, 0.1) is 14.2 Å². The van der Waals surface area contributed by atoms with Gasteiger partial charge in [-0.2, -0.15) is 0 Å². The number of methoxy groups -OCH3 is 2. The van der Waals surface area contributed by atoms with Gasteiger partial charge in [-0.1, -0.05) is 23.7 Å². The van der Waals surface area contributed by atoms with E-state index in [9.17, 15) is 0 Å². The monoisotopic (exact) mass is 360 g/mol. The molecule has 5 heteroatoms. The lowest BCUT2D eigenvalue weighted by Crippen LogP contribution is -2.45. The summed E-state index contributed by atoms with van der Waals surface area (Å²) in [4.78, 5) is 4.96. The first-order valence-corrected chi connectivity index (χ1v) is 8.96. The lowest BCUT2D eigenvalue weighted by Gasteiger charge is -2.35. The highest BCUT2D eigenvalue weighted by atomic mass is 35.5. The van der Waals surface area contributed by atoms with Crippen molar-refractivity contribution in [1.29, 1.82) is 0 Å². The molecule has 2 aromatic rings. The molecule has 1 fully saturated rings. The number of benzene rings is 2. The molecule has 0 spiro atoms. The second kappa shape index (κ2) is 8.56. The third-order valence-corrected chi connectivity index (χ3v) is 4.92. The van der Waals surface area contributed by atoms with Crippen LogP contribution < -0.4 is 9.47 Å². The van der Waals surface area contributed by atoms with Gasteiger partial charge in [-0.05, 0) is 35.9 Å². The summed E-state index contributed by atoms with van der Waals surface area (Å²) in [5.41, 5.74) is 2.49. The standard InChI is InChI=1S/C20H25ClN2O2/c1-24-19-7-8-20(25-2)17(13-19)15-23-11-9-22(10-12-23)14-16-3-5-18(21)6-4-16/h3-8,13H,9-12,14-15H2,1-2H3. The Morgan fingerprint density at radius 2 is 1.48 bits per heavy atom. The Morgan fingerprint density at radius 1 is 0.840 bits per heavy atom. The van der Waals surface area contributed by atoms with Gasteiger partial charge in [-0.3, -0.25) is 9.80 Å². The molecule has 0 amide bonds. The Bertz CT molecular complexity index is 683. The zero-order valence-electron chi connectivity index (χ0n) is 14.9. The Labute approximate surface area is 154 Å². The van der Waals surface area contributed by atoms with Gasteiger partial charge in [0.2, 0.25) is 0 Å². The van der Waals surface area contributed by atoms with Crippen LogP contribution >= 0.6 is 11.6 Å². The van der Waals surface area contributed by atoms with Gasteiger partial charge in [0.15, 0.2) is 0 Å². The molecule has 0 aliphatic carbocycles. The van der Waals surface area contributed by atoms with Gasteiger partial charge in [0.1, 0.15) is 11.5 Å². The van der Waals surface area contributed by atoms with Gasteiger partial charge >= 0.3 is 0 Å². The van der Waals surface area contributed by atoms with Crippen molar-refractivity contribution in [3.63, 3.8) is 0 Å². The van der Waals surface area contributed by atoms with Crippen LogP contribution in [0.4, 0.5) is 0 Å². The van der Waals surface area contributed by atoms with E-state index in [0.29, 0.717) is 0 Å². The molecule has 1 aliphatic heterocycles. The summed E-state index contributed by atoms with van der Waals surface area (Å²) in [6.45, 7) is 6.09. The predicted octanol–water partition coefficient (Wildman–Crippen LogP) is 3.68. The van der Waals surface area contributed by atoms with E-state index in [1.165, 1.54) is 11.1 Å². The first-order chi connectivity index (χ1) is 12.2. The van der Waals surface area contributed by atoms with E-state index in [1.807, 2.05) is 24.3 Å². The van der Waals surface area contributed by atoms with Crippen LogP contribution in [0, 0.1) is 0 Å². The van der Waals surface area contributed by atoms with Crippen molar-refractivity contribution < 1.29 is 9.47 Å². The maximum Gasteiger partial charge on any atom is 0.123 e. The average Bonchev–Trinajstić information content (AvgIpc) is 2.65. The fraction of sp³-hybridized carbons (Fsp3) is 0.400. The first kappa shape index (κ1) is 18.1. The predicted molar refractivity (Wildman–Crippen MR) is 102 cm³/mol. The summed E-state index contributed by atoms with van der Waals surface area (Å²) in [6, 6.07) is 14.1. The van der Waals surface area contributed by atoms with Crippen LogP contribution in [0.5, 0.6) is 11.5 Å². The molecule has 0 N–H and O–H groups in total. The zero-order chi connectivity index (χ0) is 17.6. The minimum Gasteiger partial charge on any atom is -0.497 e. The van der Waals surface area contributed by atoms with Gasteiger partial charge in [0.25, 0.3) is 0 Å². The largest absolute Gasteiger partial charge is 0.497 e. The van der Waals surface area contributed by atoms with Crippen LogP contribution in [0.25, 0.3) is 0 Å². The molecule has 134 valence electrons. The smallest absolute Gasteiger partial charge is 0.123 e. The van der Waals surface area contributed by atoms with E-state index >= 15 is 0 Å². The van der Waals surface area contributed by atoms with Crippen molar-refractivity contribution in [2.45, 2.75) is 13.1 Å². The maximum absolute atomic E-state index is 5.96. The first-order valence-electron chi connectivity index (χ1n) is 8.58. The number of halogens is 1. The van der Waals surface area contributed by atoms with Crippen molar-refractivity contribution in [3.05, 3.63) is 58.6 Å². The molecule has 0 saturated carbocycles. The van der Waals surface area contributed by atoms with Crippen molar-refractivity contribution in [2.24, 2.45) is 0 Å². The molecule has 0 radical (unpaired) electrons. The Morgan fingerprint density at radius 3 is 2.08 bits per heavy atom. The minimum atomic E-state index is 0.792. The van der Waals surface area contributed by atoms with E-state index in [4.69, 9.17) is 21.1 Å². The van der Waals surface area contributed by atoms with Gasteiger partial charge in [0, 0.05) is 49.9 Å². The second-order valence-electron chi connectivity index (χ2n) is 6.36.